The molecule has 3 aromatic heterocycles. The molecule has 0 spiro atoms. The summed E-state index contributed by atoms with van der Waals surface area (Å²) in [5.41, 5.74) is 2.56. The average Bonchev–Trinajstić information content (AvgIpc) is 3.24. The van der Waals surface area contributed by atoms with Gasteiger partial charge in [0, 0.05) is 37.9 Å². The van der Waals surface area contributed by atoms with Gasteiger partial charge in [0.15, 0.2) is 5.82 Å². The second-order valence-electron chi connectivity index (χ2n) is 6.73. The Hall–Kier alpha value is -2.54. The Kier molecular flexibility index (Phi) is 3.41. The van der Waals surface area contributed by atoms with Crippen LogP contribution in [0.1, 0.15) is 18.9 Å². The number of halogens is 1. The quantitative estimate of drug-likeness (QED) is 0.794. The molecule has 5 heterocycles. The second kappa shape index (κ2) is 5.77. The molecule has 6 nitrogen and oxygen atoms in total. The fraction of sp³-hybridized carbons (Fsp3) is 0.389. The molecule has 25 heavy (non-hydrogen) atoms. The molecule has 0 unspecified atom stereocenters. The fourth-order valence-corrected chi connectivity index (χ4v) is 3.56. The van der Waals surface area contributed by atoms with E-state index >= 15 is 0 Å². The van der Waals surface area contributed by atoms with Crippen LogP contribution in [0, 0.1) is 5.82 Å². The van der Waals surface area contributed by atoms with Gasteiger partial charge in [0.25, 0.3) is 0 Å². The molecular weight excluding hydrogens is 319 g/mol. The number of anilines is 1. The summed E-state index contributed by atoms with van der Waals surface area (Å²) in [7, 11) is 0. The van der Waals surface area contributed by atoms with E-state index in [4.69, 9.17) is 4.98 Å². The van der Waals surface area contributed by atoms with Gasteiger partial charge in [-0.25, -0.2) is 9.37 Å². The molecule has 2 fully saturated rings. The van der Waals surface area contributed by atoms with Crippen LogP contribution in [0.25, 0.3) is 22.2 Å². The predicted octanol–water partition coefficient (Wildman–Crippen LogP) is 2.38. The molecule has 2 saturated heterocycles. The largest absolute Gasteiger partial charge is 0.357 e. The lowest BCUT2D eigenvalue weighted by molar-refractivity contribution is 0.318. The van der Waals surface area contributed by atoms with E-state index < -0.39 is 0 Å². The summed E-state index contributed by atoms with van der Waals surface area (Å²) in [6, 6.07) is 4.25. The zero-order valence-electron chi connectivity index (χ0n) is 13.8. The lowest BCUT2D eigenvalue weighted by Crippen LogP contribution is -2.43. The Morgan fingerprint density at radius 3 is 2.72 bits per heavy atom. The first kappa shape index (κ1) is 14.8. The highest BCUT2D eigenvalue weighted by Gasteiger charge is 2.22. The van der Waals surface area contributed by atoms with Gasteiger partial charge < -0.3 is 10.2 Å². The Morgan fingerprint density at radius 2 is 1.96 bits per heavy atom. The Morgan fingerprint density at radius 1 is 1.12 bits per heavy atom. The number of hydrogen-bond donors (Lipinski definition) is 1. The topological polar surface area (TPSA) is 58.9 Å². The number of aromatic nitrogens is 4. The highest BCUT2D eigenvalue weighted by atomic mass is 19.1. The van der Waals surface area contributed by atoms with Crippen molar-refractivity contribution >= 4 is 16.9 Å². The molecule has 0 radical (unpaired) electrons. The number of pyridine rings is 2. The van der Waals surface area contributed by atoms with Crippen molar-refractivity contribution in [3.63, 3.8) is 0 Å². The van der Waals surface area contributed by atoms with Gasteiger partial charge in [-0.15, -0.1) is 0 Å². The van der Waals surface area contributed by atoms with E-state index in [1.165, 1.54) is 19.0 Å². The molecule has 1 N–H and O–H groups in total. The summed E-state index contributed by atoms with van der Waals surface area (Å²) in [5, 5.41) is 7.64. The van der Waals surface area contributed by atoms with Crippen LogP contribution in [0.5, 0.6) is 0 Å². The third-order valence-electron chi connectivity index (χ3n) is 5.11. The molecule has 3 aromatic rings. The molecule has 0 aliphatic carbocycles. The molecule has 0 atom stereocenters. The van der Waals surface area contributed by atoms with Crippen LogP contribution in [-0.4, -0.2) is 45.9 Å². The van der Waals surface area contributed by atoms with E-state index in [0.29, 0.717) is 22.6 Å². The fourth-order valence-electron chi connectivity index (χ4n) is 3.56. The van der Waals surface area contributed by atoms with Gasteiger partial charge in [0.1, 0.15) is 11.3 Å². The van der Waals surface area contributed by atoms with Crippen LogP contribution < -0.4 is 10.2 Å². The molecule has 0 bridgehead atoms. The summed E-state index contributed by atoms with van der Waals surface area (Å²) in [5.74, 6) is 0.541. The molecule has 0 amide bonds. The summed E-state index contributed by atoms with van der Waals surface area (Å²) in [6.45, 7) is 3.81. The van der Waals surface area contributed by atoms with E-state index in [1.54, 1.807) is 6.20 Å². The first-order chi connectivity index (χ1) is 12.3. The molecule has 2 aliphatic rings. The first-order valence-electron chi connectivity index (χ1n) is 8.75. The number of nitrogens with one attached hydrogen (secondary N) is 1. The van der Waals surface area contributed by atoms with Crippen molar-refractivity contribution in [3.8, 4) is 11.1 Å². The van der Waals surface area contributed by atoms with E-state index in [2.05, 4.69) is 20.3 Å². The number of rotatable bonds is 3. The van der Waals surface area contributed by atoms with Crippen LogP contribution in [0.15, 0.2) is 30.7 Å². The summed E-state index contributed by atoms with van der Waals surface area (Å²) >= 11 is 0. The summed E-state index contributed by atoms with van der Waals surface area (Å²) < 4.78 is 16.6. The molecule has 0 aromatic carbocycles. The van der Waals surface area contributed by atoms with Gasteiger partial charge in [-0.3, -0.25) is 9.67 Å². The zero-order valence-corrected chi connectivity index (χ0v) is 13.8. The second-order valence-corrected chi connectivity index (χ2v) is 6.73. The Bertz CT molecular complexity index is 926. The molecule has 2 aliphatic heterocycles. The molecular formula is C18H19FN6. The van der Waals surface area contributed by atoms with E-state index in [-0.39, 0.29) is 5.82 Å². The van der Waals surface area contributed by atoms with Crippen LogP contribution in [-0.2, 0) is 0 Å². The number of nitrogens with zero attached hydrogens (tertiary/aromatic N) is 5. The lowest BCUT2D eigenvalue weighted by atomic mass is 10.1. The van der Waals surface area contributed by atoms with Crippen molar-refractivity contribution in [3.05, 3.63) is 36.5 Å². The summed E-state index contributed by atoms with van der Waals surface area (Å²) in [4.78, 5) is 11.2. The number of hydrogen-bond acceptors (Lipinski definition) is 5. The molecule has 128 valence electrons. The van der Waals surface area contributed by atoms with Crippen molar-refractivity contribution in [1.29, 1.82) is 0 Å². The third kappa shape index (κ3) is 2.46. The molecule has 7 heteroatoms. The van der Waals surface area contributed by atoms with Gasteiger partial charge in [-0.2, -0.15) is 5.10 Å². The van der Waals surface area contributed by atoms with Crippen molar-refractivity contribution in [2.75, 3.05) is 31.1 Å². The van der Waals surface area contributed by atoms with Gasteiger partial charge in [-0.05, 0) is 25.0 Å². The minimum atomic E-state index is -0.357. The normalized spacial score (nSPS) is 18.0. The van der Waals surface area contributed by atoms with Gasteiger partial charge >= 0.3 is 0 Å². The Balaban J connectivity index is 1.63. The maximum Gasteiger partial charge on any atom is 0.151 e. The van der Waals surface area contributed by atoms with Crippen molar-refractivity contribution in [2.24, 2.45) is 0 Å². The van der Waals surface area contributed by atoms with Crippen molar-refractivity contribution < 1.29 is 4.39 Å². The van der Waals surface area contributed by atoms with E-state index in [1.807, 2.05) is 23.0 Å². The minimum Gasteiger partial charge on any atom is -0.357 e. The Labute approximate surface area is 144 Å². The zero-order chi connectivity index (χ0) is 16.8. The van der Waals surface area contributed by atoms with Gasteiger partial charge in [-0.1, -0.05) is 0 Å². The first-order valence-corrected chi connectivity index (χ1v) is 8.75. The minimum absolute atomic E-state index is 0.345. The highest BCUT2D eigenvalue weighted by molar-refractivity contribution is 5.92. The maximum absolute atomic E-state index is 14.7. The smallest absolute Gasteiger partial charge is 0.151 e. The third-order valence-corrected chi connectivity index (χ3v) is 5.11. The van der Waals surface area contributed by atoms with Crippen LogP contribution in [0.2, 0.25) is 0 Å². The van der Waals surface area contributed by atoms with Crippen molar-refractivity contribution in [1.82, 2.24) is 25.1 Å². The van der Waals surface area contributed by atoms with E-state index in [9.17, 15) is 4.39 Å². The average molecular weight is 338 g/mol. The van der Waals surface area contributed by atoms with Crippen LogP contribution in [0.3, 0.4) is 0 Å². The van der Waals surface area contributed by atoms with Gasteiger partial charge in [0.2, 0.25) is 0 Å². The monoisotopic (exact) mass is 338 g/mol. The van der Waals surface area contributed by atoms with Crippen molar-refractivity contribution in [2.45, 2.75) is 18.9 Å². The maximum atomic E-state index is 14.7. The lowest BCUT2D eigenvalue weighted by Gasteiger charge is -2.27. The highest BCUT2D eigenvalue weighted by Crippen LogP contribution is 2.31. The number of fused-ring (bicyclic) bond motifs is 1. The standard InChI is InChI=1S/C18H19FN6/c19-14-10-21-15-3-4-16(24-5-1-2-6-24)23-18(15)17(14)12-7-22-25(11-12)13-8-20-9-13/h3-4,7,10-11,13,20H,1-2,5-6,8-9H2. The molecule has 5 rings (SSSR count). The van der Waals surface area contributed by atoms with Gasteiger partial charge in [0.05, 0.1) is 29.5 Å². The predicted molar refractivity (Wildman–Crippen MR) is 94.1 cm³/mol. The van der Waals surface area contributed by atoms with E-state index in [0.717, 1.165) is 37.6 Å². The van der Waals surface area contributed by atoms with Crippen LogP contribution in [0.4, 0.5) is 10.2 Å². The van der Waals surface area contributed by atoms with Crippen LogP contribution >= 0.6 is 0 Å². The summed E-state index contributed by atoms with van der Waals surface area (Å²) in [6.07, 6.45) is 7.26. The SMILES string of the molecule is Fc1cnc2ccc(N3CCCC3)nc2c1-c1cnn(C2CNC2)c1. The molecule has 0 saturated carbocycles.